The number of hydrogen-bond acceptors (Lipinski definition) is 4. The van der Waals surface area contributed by atoms with Gasteiger partial charge in [0.2, 0.25) is 11.6 Å². The number of aliphatic hydroxyl groups is 1. The Morgan fingerprint density at radius 1 is 1.13 bits per heavy atom. The lowest BCUT2D eigenvalue weighted by atomic mass is 9.70. The fourth-order valence-electron chi connectivity index (χ4n) is 4.54. The van der Waals surface area contributed by atoms with Gasteiger partial charge in [-0.05, 0) is 51.9 Å². The molecule has 2 rings (SSSR count). The van der Waals surface area contributed by atoms with E-state index < -0.39 is 11.6 Å². The van der Waals surface area contributed by atoms with Crippen LogP contribution in [0.4, 0.5) is 0 Å². The Bertz CT molecular complexity index is 769. The van der Waals surface area contributed by atoms with Crippen LogP contribution in [0.25, 0.3) is 0 Å². The zero-order valence-electron chi connectivity index (χ0n) is 19.3. The summed E-state index contributed by atoms with van der Waals surface area (Å²) in [6, 6.07) is 0. The van der Waals surface area contributed by atoms with E-state index >= 15 is 0 Å². The molecule has 30 heavy (non-hydrogen) atoms. The van der Waals surface area contributed by atoms with E-state index in [2.05, 4.69) is 31.8 Å². The Kier molecular flexibility index (Phi) is 9.13. The molecule has 2 aliphatic carbocycles. The summed E-state index contributed by atoms with van der Waals surface area (Å²) in [7, 11) is 0. The van der Waals surface area contributed by atoms with E-state index in [-0.39, 0.29) is 23.2 Å². The van der Waals surface area contributed by atoms with E-state index in [1.807, 2.05) is 13.8 Å². The predicted octanol–water partition coefficient (Wildman–Crippen LogP) is 6.11. The minimum Gasteiger partial charge on any atom is -0.505 e. The van der Waals surface area contributed by atoms with Crippen molar-refractivity contribution in [2.75, 3.05) is 6.54 Å². The van der Waals surface area contributed by atoms with Gasteiger partial charge in [0.05, 0.1) is 11.3 Å². The molecule has 0 aliphatic heterocycles. The summed E-state index contributed by atoms with van der Waals surface area (Å²) < 4.78 is 0. The molecule has 2 aliphatic rings. The van der Waals surface area contributed by atoms with Crippen molar-refractivity contribution in [3.63, 3.8) is 0 Å². The van der Waals surface area contributed by atoms with Crippen molar-refractivity contribution in [1.29, 1.82) is 0 Å². The number of carbonyl (C=O) groups is 2. The first-order valence-corrected chi connectivity index (χ1v) is 11.7. The number of nitrogens with one attached hydrogen (secondary N) is 1. The number of rotatable bonds is 11. The number of aliphatic hydroxyl groups excluding tert-OH is 1. The van der Waals surface area contributed by atoms with Crippen LogP contribution < -0.4 is 5.32 Å². The van der Waals surface area contributed by atoms with Gasteiger partial charge in [0.1, 0.15) is 5.76 Å². The molecule has 2 N–H and O–H groups in total. The lowest BCUT2D eigenvalue weighted by molar-refractivity contribution is -0.133. The van der Waals surface area contributed by atoms with Gasteiger partial charge in [-0.3, -0.25) is 9.59 Å². The lowest BCUT2D eigenvalue weighted by Gasteiger charge is -2.34. The molecule has 0 saturated heterocycles. The molecule has 0 fully saturated rings. The molecular formula is C26H39NO3. The van der Waals surface area contributed by atoms with Crippen molar-refractivity contribution in [3.8, 4) is 0 Å². The smallest absolute Gasteiger partial charge is 0.233 e. The Hall–Kier alpha value is -2.10. The summed E-state index contributed by atoms with van der Waals surface area (Å²) in [5.74, 6) is -1.25. The van der Waals surface area contributed by atoms with E-state index in [9.17, 15) is 14.7 Å². The normalized spacial score (nSPS) is 22.5. The molecule has 0 bridgehead atoms. The SMILES string of the molecule is C=C(C)C1CCC(C)=CC1C1=C(O)C(NCCCCC)=C(CCCCC)C(=O)C1=O. The molecule has 0 aromatic rings. The van der Waals surface area contributed by atoms with Gasteiger partial charge in [-0.25, -0.2) is 0 Å². The third kappa shape index (κ3) is 5.53. The number of ketones is 2. The first-order valence-electron chi connectivity index (χ1n) is 11.7. The second-order valence-corrected chi connectivity index (χ2v) is 8.90. The average Bonchev–Trinajstić information content (AvgIpc) is 2.70. The summed E-state index contributed by atoms with van der Waals surface area (Å²) in [4.78, 5) is 26.3. The second-order valence-electron chi connectivity index (χ2n) is 8.90. The Labute approximate surface area is 182 Å². The molecule has 2 atom stereocenters. The topological polar surface area (TPSA) is 66.4 Å². The standard InChI is InChI=1S/C26H39NO3/c1-6-8-10-12-20-23(27-15-11-9-7-2)25(29)22(26(30)24(20)28)21-16-18(5)13-14-19(21)17(3)4/h16,19,21,27,29H,3,6-15H2,1-2,4-5H3. The summed E-state index contributed by atoms with van der Waals surface area (Å²) in [5.41, 5.74) is 3.37. The second kappa shape index (κ2) is 11.3. The molecule has 0 aromatic carbocycles. The predicted molar refractivity (Wildman–Crippen MR) is 123 cm³/mol. The van der Waals surface area contributed by atoms with Gasteiger partial charge in [-0.2, -0.15) is 0 Å². The third-order valence-electron chi connectivity index (χ3n) is 6.34. The molecule has 4 nitrogen and oxygen atoms in total. The van der Waals surface area contributed by atoms with Gasteiger partial charge >= 0.3 is 0 Å². The molecule has 2 unspecified atom stereocenters. The van der Waals surface area contributed by atoms with Crippen molar-refractivity contribution in [1.82, 2.24) is 5.32 Å². The maximum Gasteiger partial charge on any atom is 0.233 e. The van der Waals surface area contributed by atoms with Crippen LogP contribution in [0, 0.1) is 11.8 Å². The highest BCUT2D eigenvalue weighted by Gasteiger charge is 2.41. The maximum atomic E-state index is 13.2. The number of Topliss-reactive ketones (excluding diaryl/α,β-unsaturated/α-hetero) is 2. The third-order valence-corrected chi connectivity index (χ3v) is 6.34. The molecule has 0 spiro atoms. The van der Waals surface area contributed by atoms with Gasteiger partial charge in [-0.15, -0.1) is 0 Å². The van der Waals surface area contributed by atoms with E-state index in [1.54, 1.807) is 0 Å². The van der Waals surface area contributed by atoms with Gasteiger partial charge in [-0.1, -0.05) is 63.3 Å². The van der Waals surface area contributed by atoms with Crippen molar-refractivity contribution in [2.24, 2.45) is 11.8 Å². The number of hydrogen-bond donors (Lipinski definition) is 2. The zero-order valence-corrected chi connectivity index (χ0v) is 19.3. The van der Waals surface area contributed by atoms with Crippen LogP contribution in [0.2, 0.25) is 0 Å². The molecule has 0 heterocycles. The van der Waals surface area contributed by atoms with Crippen molar-refractivity contribution >= 4 is 11.6 Å². The minimum atomic E-state index is -0.541. The highest BCUT2D eigenvalue weighted by molar-refractivity contribution is 6.50. The van der Waals surface area contributed by atoms with Gasteiger partial charge < -0.3 is 10.4 Å². The van der Waals surface area contributed by atoms with Crippen LogP contribution in [0.1, 0.15) is 85.5 Å². The Morgan fingerprint density at radius 3 is 2.43 bits per heavy atom. The van der Waals surface area contributed by atoms with E-state index in [1.165, 1.54) is 5.57 Å². The molecule has 4 heteroatoms. The number of unbranched alkanes of at least 4 members (excludes halogenated alkanes) is 4. The average molecular weight is 414 g/mol. The van der Waals surface area contributed by atoms with Crippen LogP contribution in [-0.4, -0.2) is 23.2 Å². The molecule has 0 aromatic heterocycles. The van der Waals surface area contributed by atoms with Crippen molar-refractivity contribution < 1.29 is 14.7 Å². The fourth-order valence-corrected chi connectivity index (χ4v) is 4.54. The molecule has 166 valence electrons. The molecular weight excluding hydrogens is 374 g/mol. The molecule has 0 saturated carbocycles. The Balaban J connectivity index is 2.50. The summed E-state index contributed by atoms with van der Waals surface area (Å²) in [6.45, 7) is 13.1. The first kappa shape index (κ1) is 24.2. The highest BCUT2D eigenvalue weighted by atomic mass is 16.3. The summed E-state index contributed by atoms with van der Waals surface area (Å²) in [6.07, 6.45) is 10.4. The first-order chi connectivity index (χ1) is 14.3. The van der Waals surface area contributed by atoms with Gasteiger partial charge in [0.25, 0.3) is 0 Å². The van der Waals surface area contributed by atoms with Crippen LogP contribution in [-0.2, 0) is 9.59 Å². The van der Waals surface area contributed by atoms with Crippen LogP contribution in [0.15, 0.2) is 46.4 Å². The van der Waals surface area contributed by atoms with Crippen LogP contribution >= 0.6 is 0 Å². The van der Waals surface area contributed by atoms with E-state index in [0.29, 0.717) is 24.2 Å². The highest BCUT2D eigenvalue weighted by Crippen LogP contribution is 2.41. The number of carbonyl (C=O) groups excluding carboxylic acids is 2. The van der Waals surface area contributed by atoms with Crippen molar-refractivity contribution in [3.05, 3.63) is 46.4 Å². The van der Waals surface area contributed by atoms with Gasteiger partial charge in [0, 0.05) is 18.0 Å². The maximum absolute atomic E-state index is 13.2. The largest absolute Gasteiger partial charge is 0.505 e. The minimum absolute atomic E-state index is 0.0233. The van der Waals surface area contributed by atoms with Crippen LogP contribution in [0.3, 0.4) is 0 Å². The van der Waals surface area contributed by atoms with E-state index in [4.69, 9.17) is 0 Å². The molecule has 0 radical (unpaired) electrons. The lowest BCUT2D eigenvalue weighted by Crippen LogP contribution is -2.36. The van der Waals surface area contributed by atoms with Crippen LogP contribution in [0.5, 0.6) is 0 Å². The van der Waals surface area contributed by atoms with Gasteiger partial charge in [0.15, 0.2) is 0 Å². The zero-order chi connectivity index (χ0) is 22.3. The summed E-state index contributed by atoms with van der Waals surface area (Å²) in [5, 5.41) is 14.6. The Morgan fingerprint density at radius 2 is 1.80 bits per heavy atom. The molecule has 0 amide bonds. The summed E-state index contributed by atoms with van der Waals surface area (Å²) >= 11 is 0. The fraction of sp³-hybridized carbons (Fsp3) is 0.615. The monoisotopic (exact) mass is 413 g/mol. The van der Waals surface area contributed by atoms with E-state index in [0.717, 1.165) is 56.9 Å². The van der Waals surface area contributed by atoms with Crippen molar-refractivity contribution in [2.45, 2.75) is 85.5 Å². The number of allylic oxidation sites excluding steroid dienone is 5. The quantitative estimate of drug-likeness (QED) is 0.185.